The maximum Gasteiger partial charge on any atom is 1.00 e. The Balaban J connectivity index is -0.00000000750. The van der Waals surface area contributed by atoms with Gasteiger partial charge in [-0.15, -0.1) is 0 Å². The van der Waals surface area contributed by atoms with Gasteiger partial charge in [0.05, 0.1) is 0 Å². The van der Waals surface area contributed by atoms with Gasteiger partial charge in [-0.05, 0) is 6.29 Å². The fourth-order valence-corrected chi connectivity index (χ4v) is 0. The monoisotopic (exact) mass is 401 g/mol. The van der Waals surface area contributed by atoms with Crippen molar-refractivity contribution in [3.05, 3.63) is 12.7 Å². The second-order valence-corrected chi connectivity index (χ2v) is 0.322. The average molecular weight is 401 g/mol. The Bertz CT molecular complexity index is 38.3. The van der Waals surface area contributed by atoms with Gasteiger partial charge >= 0.3 is 17.1 Å². The van der Waals surface area contributed by atoms with E-state index in [4.69, 9.17) is 4.79 Å². The summed E-state index contributed by atoms with van der Waals surface area (Å²) in [6.45, 7) is 3.06. The first kappa shape index (κ1) is 32.1. The molecule has 0 aromatic carbocycles. The van der Waals surface area contributed by atoms with Gasteiger partial charge in [-0.2, -0.15) is 0 Å². The van der Waals surface area contributed by atoms with Crippen LogP contribution in [0.5, 0.6) is 0 Å². The predicted octanol–water partition coefficient (Wildman–Crippen LogP) is -0.106. The Morgan fingerprint density at radius 2 is 1.62 bits per heavy atom. The van der Waals surface area contributed by atoms with Crippen molar-refractivity contribution in [1.29, 1.82) is 0 Å². The summed E-state index contributed by atoms with van der Waals surface area (Å²) >= 11 is 0. The van der Waals surface area contributed by atoms with Gasteiger partial charge in [0.15, 0.2) is 0 Å². The minimum absolute atomic E-state index is 0. The molecule has 0 aromatic heterocycles. The molecule has 0 heterocycles. The van der Waals surface area contributed by atoms with Crippen LogP contribution in [-0.4, -0.2) is 30.0 Å². The number of rotatable bonds is 1. The van der Waals surface area contributed by atoms with Crippen molar-refractivity contribution in [2.75, 3.05) is 0 Å². The number of allylic oxidation sites excluding steroid dienone is 1. The van der Waals surface area contributed by atoms with Crippen LogP contribution >= 0.6 is 0 Å². The molecular weight excluding hydrogens is 398 g/mol. The molecule has 1 nitrogen and oxygen atoms in total. The Kier molecular flexibility index (Phi) is 142. The zero-order valence-corrected chi connectivity index (χ0v) is 10.4. The van der Waals surface area contributed by atoms with Gasteiger partial charge in [-0.1, -0.05) is 0 Å². The van der Waals surface area contributed by atoms with Gasteiger partial charge in [-0.3, -0.25) is 0 Å². The van der Waals surface area contributed by atoms with E-state index in [2.05, 4.69) is 6.58 Å². The van der Waals surface area contributed by atoms with Crippen molar-refractivity contribution in [2.45, 2.75) is 0 Å². The maximum atomic E-state index is 8.93. The summed E-state index contributed by atoms with van der Waals surface area (Å²) in [5.41, 5.74) is 0. The molecule has 0 saturated carbocycles. The summed E-state index contributed by atoms with van der Waals surface area (Å²) in [6.07, 6.45) is 2.51. The van der Waals surface area contributed by atoms with Gasteiger partial charge in [0, 0.05) is 66.9 Å². The maximum absolute atomic E-state index is 8.93. The van der Waals surface area contributed by atoms with Crippen LogP contribution in [0.1, 0.15) is 0 Å². The molecular formula is C3H3Cu2OTeZr. The van der Waals surface area contributed by atoms with Gasteiger partial charge in [0.25, 0.3) is 0 Å². The van der Waals surface area contributed by atoms with Crippen LogP contribution in [0, 0.1) is 0 Å². The number of carbonyl (C=O) groups excluding carboxylic acids is 1. The summed E-state index contributed by atoms with van der Waals surface area (Å²) < 4.78 is 0. The van der Waals surface area contributed by atoms with E-state index in [9.17, 15) is 0 Å². The summed E-state index contributed by atoms with van der Waals surface area (Å²) in [5.74, 6) is 0. The molecule has 0 fully saturated rings. The fraction of sp³-hybridized carbons (Fsp3) is 0. The smallest absolute Gasteiger partial charge is 0.419 e. The largest absolute Gasteiger partial charge is 1.00 e. The third-order valence-corrected chi connectivity index (χ3v) is 0.0833. The average Bonchev–Trinajstić information content (AvgIpc) is 1.37. The molecule has 0 amide bonds. The first-order valence-corrected chi connectivity index (χ1v) is 0.901. The Morgan fingerprint density at radius 3 is 1.62 bits per heavy atom. The Morgan fingerprint density at radius 1 is 1.50 bits per heavy atom. The molecule has 0 spiro atoms. The molecule has 8 heavy (non-hydrogen) atoms. The normalized spacial score (nSPS) is 2.50. The van der Waals surface area contributed by atoms with E-state index in [-0.39, 0.29) is 84.0 Å². The van der Waals surface area contributed by atoms with Crippen LogP contribution in [0.25, 0.3) is 0 Å². The third kappa shape index (κ3) is 42.3. The first-order valence-electron chi connectivity index (χ1n) is 0.901. The van der Waals surface area contributed by atoms with E-state index in [1.165, 1.54) is 6.29 Å². The second kappa shape index (κ2) is 35.4. The van der Waals surface area contributed by atoms with Gasteiger partial charge in [0.2, 0.25) is 0 Å². The van der Waals surface area contributed by atoms with Crippen molar-refractivity contribution >= 4 is 30.0 Å². The van der Waals surface area contributed by atoms with Crippen molar-refractivity contribution in [3.8, 4) is 0 Å². The van der Waals surface area contributed by atoms with Crippen LogP contribution in [0.2, 0.25) is 0 Å². The molecule has 0 atom stereocenters. The minimum Gasteiger partial charge on any atom is -0.419 e. The molecule has 5 heteroatoms. The fourth-order valence-electron chi connectivity index (χ4n) is 0. The predicted molar refractivity (Wildman–Crippen MR) is 21.6 cm³/mol. The summed E-state index contributed by atoms with van der Waals surface area (Å²) in [5, 5.41) is 0. The molecule has 0 aliphatic carbocycles. The molecule has 0 aliphatic rings. The molecule has 0 saturated heterocycles. The van der Waals surface area contributed by atoms with Crippen molar-refractivity contribution in [1.82, 2.24) is 0 Å². The van der Waals surface area contributed by atoms with E-state index < -0.39 is 0 Å². The van der Waals surface area contributed by atoms with E-state index in [1.807, 2.05) is 0 Å². The van der Waals surface area contributed by atoms with Crippen LogP contribution in [0.15, 0.2) is 12.7 Å². The molecule has 0 bridgehead atoms. The van der Waals surface area contributed by atoms with E-state index in [0.717, 1.165) is 6.08 Å². The summed E-state index contributed by atoms with van der Waals surface area (Å²) in [6, 6.07) is 0. The van der Waals surface area contributed by atoms with Gasteiger partial charge < -0.3 is 4.79 Å². The van der Waals surface area contributed by atoms with E-state index >= 15 is 0 Å². The van der Waals surface area contributed by atoms with Gasteiger partial charge in [0.1, 0.15) is 0 Å². The van der Waals surface area contributed by atoms with E-state index in [1.54, 1.807) is 0 Å². The number of hydrogen-bond donors (Lipinski definition) is 0. The molecule has 0 aromatic rings. The zero-order valence-electron chi connectivity index (χ0n) is 3.70. The molecule has 53 valence electrons. The second-order valence-electron chi connectivity index (χ2n) is 0.322. The van der Waals surface area contributed by atoms with Crippen LogP contribution in [-0.2, 0) is 65.1 Å². The SMILES string of the molecule is C=C[C-]=O.[Cu+].[Cu].[Te].[Zr]. The van der Waals surface area contributed by atoms with Crippen LogP contribution in [0.3, 0.4) is 0 Å². The molecule has 0 rings (SSSR count). The zero-order chi connectivity index (χ0) is 3.41. The molecule has 0 N–H and O–H groups in total. The molecule has 3 radical (unpaired) electrons. The molecule has 0 aliphatic heterocycles. The van der Waals surface area contributed by atoms with Crippen molar-refractivity contribution < 1.29 is 65.1 Å². The van der Waals surface area contributed by atoms with Crippen LogP contribution in [0.4, 0.5) is 0 Å². The molecule has 0 unspecified atom stereocenters. The topological polar surface area (TPSA) is 17.1 Å². The van der Waals surface area contributed by atoms with Crippen LogP contribution < -0.4 is 0 Å². The van der Waals surface area contributed by atoms with E-state index in [0.29, 0.717) is 0 Å². The van der Waals surface area contributed by atoms with Crippen molar-refractivity contribution in [3.63, 3.8) is 0 Å². The standard InChI is InChI=1S/C3H3O.2Cu.Te.Zr/c1-2-3-4;;;;/h2H,1H2;;;;/q-1;;+1;;. The first-order chi connectivity index (χ1) is 1.91. The minimum atomic E-state index is 0. The Labute approximate surface area is 106 Å². The van der Waals surface area contributed by atoms with Crippen molar-refractivity contribution in [2.24, 2.45) is 0 Å². The number of hydrogen-bond acceptors (Lipinski definition) is 1. The third-order valence-electron chi connectivity index (χ3n) is 0.0833. The Hall–Kier alpha value is 2.12. The quantitative estimate of drug-likeness (QED) is 0.341. The summed E-state index contributed by atoms with van der Waals surface area (Å²) in [4.78, 5) is 8.93. The summed E-state index contributed by atoms with van der Waals surface area (Å²) in [7, 11) is 0. The van der Waals surface area contributed by atoms with Gasteiger partial charge in [-0.25, -0.2) is 12.7 Å².